The molecule has 0 spiro atoms. The van der Waals surface area contributed by atoms with Gasteiger partial charge >= 0.3 is 0 Å². The molecule has 14 aromatic rings. The SMILES string of the molecule is [C-]#[N+]c1cccc(-c2nc(-c3cc([N+]#[C-])ccc3-n3c4ccc(-c5ccccc5)cc4c4cc(-c5ccccc5)ccc43)nc(-c3ccc(C#N)cc3-n3c4ccc(-c5ccccc5)cc4c4cc(-c5ccccc5)ccc43)n2)c1. The van der Waals surface area contributed by atoms with Crippen LogP contribution in [0, 0.1) is 24.5 Å². The first-order chi connectivity index (χ1) is 39.5. The molecule has 80 heavy (non-hydrogen) atoms. The minimum Gasteiger partial charge on any atom is -0.309 e. The maximum Gasteiger partial charge on any atom is 0.188 e. The van der Waals surface area contributed by atoms with E-state index in [0.29, 0.717) is 56.8 Å². The molecule has 0 aliphatic carbocycles. The molecule has 0 saturated carbocycles. The maximum absolute atomic E-state index is 10.6. The zero-order valence-electron chi connectivity index (χ0n) is 42.8. The van der Waals surface area contributed by atoms with Crippen molar-refractivity contribution in [2.75, 3.05) is 0 Å². The third-order valence-electron chi connectivity index (χ3n) is 15.0. The second-order valence-electron chi connectivity index (χ2n) is 19.7. The lowest BCUT2D eigenvalue weighted by molar-refractivity contribution is 1.06. The molecule has 3 aromatic heterocycles. The van der Waals surface area contributed by atoms with E-state index in [4.69, 9.17) is 28.1 Å². The number of hydrogen-bond acceptors (Lipinski definition) is 4. The summed E-state index contributed by atoms with van der Waals surface area (Å²) in [7, 11) is 0. The van der Waals surface area contributed by atoms with Crippen molar-refractivity contribution in [2.45, 2.75) is 0 Å². The van der Waals surface area contributed by atoms with E-state index in [1.807, 2.05) is 66.7 Å². The van der Waals surface area contributed by atoms with E-state index in [2.05, 4.69) is 195 Å². The smallest absolute Gasteiger partial charge is 0.188 e. The highest BCUT2D eigenvalue weighted by atomic mass is 15.1. The highest BCUT2D eigenvalue weighted by Gasteiger charge is 2.24. The van der Waals surface area contributed by atoms with Crippen LogP contribution in [-0.4, -0.2) is 24.1 Å². The minimum atomic E-state index is 0.327. The number of benzene rings is 11. The number of rotatable bonds is 9. The van der Waals surface area contributed by atoms with Gasteiger partial charge in [0, 0.05) is 38.2 Å². The summed E-state index contributed by atoms with van der Waals surface area (Å²) in [6.45, 7) is 16.3. The van der Waals surface area contributed by atoms with Gasteiger partial charge in [-0.3, -0.25) is 0 Å². The second-order valence-corrected chi connectivity index (χ2v) is 19.7. The topological polar surface area (TPSA) is 81.0 Å². The summed E-state index contributed by atoms with van der Waals surface area (Å²) in [4.78, 5) is 23.8. The van der Waals surface area contributed by atoms with E-state index in [0.717, 1.165) is 93.8 Å². The van der Waals surface area contributed by atoms with Crippen molar-refractivity contribution in [3.05, 3.63) is 283 Å². The molecule has 0 atom stereocenters. The lowest BCUT2D eigenvalue weighted by atomic mass is 10.0. The molecule has 14 rings (SSSR count). The molecule has 0 unspecified atom stereocenters. The Hall–Kier alpha value is -11.5. The predicted octanol–water partition coefficient (Wildman–Crippen LogP) is 18.7. The van der Waals surface area contributed by atoms with Gasteiger partial charge in [-0.1, -0.05) is 170 Å². The number of fused-ring (bicyclic) bond motifs is 6. The molecular formula is C72H42N8. The molecule has 0 aliphatic rings. The first-order valence-corrected chi connectivity index (χ1v) is 26.2. The van der Waals surface area contributed by atoms with Gasteiger partial charge in [0.2, 0.25) is 0 Å². The summed E-state index contributed by atoms with van der Waals surface area (Å²) in [5.41, 5.74) is 17.2. The van der Waals surface area contributed by atoms with Crippen molar-refractivity contribution in [3.63, 3.8) is 0 Å². The molecule has 8 heteroatoms. The van der Waals surface area contributed by atoms with Gasteiger partial charge in [0.05, 0.1) is 58.2 Å². The third kappa shape index (κ3) is 8.20. The number of nitriles is 1. The lowest BCUT2D eigenvalue weighted by Gasteiger charge is -2.17. The Morgan fingerprint density at radius 3 is 1.15 bits per heavy atom. The quantitative estimate of drug-likeness (QED) is 0.135. The summed E-state index contributed by atoms with van der Waals surface area (Å²) in [6.07, 6.45) is 0. The van der Waals surface area contributed by atoms with Gasteiger partial charge < -0.3 is 9.13 Å². The fourth-order valence-corrected chi connectivity index (χ4v) is 11.2. The van der Waals surface area contributed by atoms with Gasteiger partial charge in [-0.05, 0) is 129 Å². The summed E-state index contributed by atoms with van der Waals surface area (Å²) < 4.78 is 4.46. The van der Waals surface area contributed by atoms with Gasteiger partial charge in [0.25, 0.3) is 0 Å². The molecular weight excluding hydrogens is 977 g/mol. The first-order valence-electron chi connectivity index (χ1n) is 26.2. The highest BCUT2D eigenvalue weighted by molar-refractivity contribution is 6.13. The van der Waals surface area contributed by atoms with Gasteiger partial charge in [-0.15, -0.1) is 0 Å². The average molecular weight is 1020 g/mol. The first kappa shape index (κ1) is 47.0. The van der Waals surface area contributed by atoms with Gasteiger partial charge in [-0.25, -0.2) is 24.6 Å². The standard InChI is InChI=1S/C72H42N8/c1-74-56-25-15-24-55(39-56)70-76-71(58-32-26-46(45-73)38-69(58)80-66-35-29-53(49-20-11-5-12-21-49)42-61(66)62-43-54(30-36-67(62)80)50-22-13-6-14-23-50)78-72(77-70)63-44-57(75-2)31-37-68(63)79-64-33-27-51(47-16-7-3-8-17-47)40-59(64)60-41-52(28-34-65(60)79)48-18-9-4-10-19-48/h3-44H. The van der Waals surface area contributed by atoms with Crippen LogP contribution in [0.15, 0.2) is 255 Å². The Balaban J connectivity index is 1.03. The van der Waals surface area contributed by atoms with Crippen molar-refractivity contribution < 1.29 is 0 Å². The van der Waals surface area contributed by atoms with Crippen molar-refractivity contribution >= 4 is 55.0 Å². The summed E-state index contributed by atoms with van der Waals surface area (Å²) in [5.74, 6) is 1.01. The van der Waals surface area contributed by atoms with Crippen LogP contribution in [0.3, 0.4) is 0 Å². The average Bonchev–Trinajstić information content (AvgIpc) is 4.17. The maximum atomic E-state index is 10.6. The van der Waals surface area contributed by atoms with Crippen molar-refractivity contribution in [1.82, 2.24) is 24.1 Å². The van der Waals surface area contributed by atoms with E-state index < -0.39 is 0 Å². The van der Waals surface area contributed by atoms with E-state index >= 15 is 0 Å². The summed E-state index contributed by atoms with van der Waals surface area (Å²) in [6, 6.07) is 88.9. The Bertz CT molecular complexity index is 4710. The van der Waals surface area contributed by atoms with Crippen LogP contribution >= 0.6 is 0 Å². The van der Waals surface area contributed by atoms with Gasteiger partial charge in [0.1, 0.15) is 0 Å². The molecule has 0 saturated heterocycles. The van der Waals surface area contributed by atoms with Crippen LogP contribution in [0.1, 0.15) is 5.56 Å². The molecule has 3 heterocycles. The largest absolute Gasteiger partial charge is 0.309 e. The van der Waals surface area contributed by atoms with Crippen molar-refractivity contribution in [2.24, 2.45) is 0 Å². The fourth-order valence-electron chi connectivity index (χ4n) is 11.2. The number of nitrogens with zero attached hydrogens (tertiary/aromatic N) is 8. The van der Waals surface area contributed by atoms with Crippen molar-refractivity contribution in [1.29, 1.82) is 5.26 Å². The summed E-state index contributed by atoms with van der Waals surface area (Å²) >= 11 is 0. The van der Waals surface area contributed by atoms with Gasteiger partial charge in [-0.2, -0.15) is 5.26 Å². The van der Waals surface area contributed by atoms with E-state index in [1.165, 1.54) is 0 Å². The van der Waals surface area contributed by atoms with E-state index in [-0.39, 0.29) is 0 Å². The second kappa shape index (κ2) is 19.6. The van der Waals surface area contributed by atoms with Crippen LogP contribution in [0.2, 0.25) is 0 Å². The molecule has 0 amide bonds. The molecule has 370 valence electrons. The fraction of sp³-hybridized carbons (Fsp3) is 0. The normalized spacial score (nSPS) is 11.2. The number of hydrogen-bond donors (Lipinski definition) is 0. The van der Waals surface area contributed by atoms with Crippen LogP contribution < -0.4 is 0 Å². The minimum absolute atomic E-state index is 0.327. The molecule has 0 fully saturated rings. The van der Waals surface area contributed by atoms with Crippen LogP contribution in [-0.2, 0) is 0 Å². The highest BCUT2D eigenvalue weighted by Crippen LogP contribution is 2.43. The predicted molar refractivity (Wildman–Crippen MR) is 324 cm³/mol. The van der Waals surface area contributed by atoms with E-state index in [1.54, 1.807) is 18.2 Å². The molecule has 8 nitrogen and oxygen atoms in total. The molecule has 11 aromatic carbocycles. The Labute approximate surface area is 461 Å². The Kier molecular flexibility index (Phi) is 11.5. The van der Waals surface area contributed by atoms with Crippen LogP contribution in [0.5, 0.6) is 0 Å². The monoisotopic (exact) mass is 1020 g/mol. The van der Waals surface area contributed by atoms with Crippen molar-refractivity contribution in [3.8, 4) is 96.1 Å². The Morgan fingerprint density at radius 2 is 0.713 bits per heavy atom. The molecule has 0 bridgehead atoms. The van der Waals surface area contributed by atoms with Crippen LogP contribution in [0.25, 0.3) is 143 Å². The Morgan fingerprint density at radius 1 is 0.312 bits per heavy atom. The van der Waals surface area contributed by atoms with Gasteiger partial charge in [0.15, 0.2) is 28.8 Å². The lowest BCUT2D eigenvalue weighted by Crippen LogP contribution is -2.06. The van der Waals surface area contributed by atoms with E-state index in [9.17, 15) is 5.26 Å². The summed E-state index contributed by atoms with van der Waals surface area (Å²) in [5, 5.41) is 14.8. The molecule has 0 aliphatic heterocycles. The zero-order valence-corrected chi connectivity index (χ0v) is 42.8. The number of aromatic nitrogens is 5. The zero-order chi connectivity index (χ0) is 53.7. The molecule has 0 radical (unpaired) electrons. The molecule has 0 N–H and O–H groups in total. The van der Waals surface area contributed by atoms with Crippen LogP contribution in [0.4, 0.5) is 11.4 Å². The third-order valence-corrected chi connectivity index (χ3v) is 15.0.